The quantitative estimate of drug-likeness (QED) is 0.360. The Labute approximate surface area is 169 Å². The fourth-order valence-electron chi connectivity index (χ4n) is 2.74. The summed E-state index contributed by atoms with van der Waals surface area (Å²) in [5, 5.41) is 9.16. The van der Waals surface area contributed by atoms with Gasteiger partial charge < -0.3 is 13.9 Å². The average molecular weight is 401 g/mol. The van der Waals surface area contributed by atoms with Gasteiger partial charge in [-0.25, -0.2) is 9.18 Å². The number of hydrogen-bond donors (Lipinski definition) is 0. The molecule has 0 saturated heterocycles. The number of fused-ring (bicyclic) bond motifs is 1. The Bertz CT molecular complexity index is 1350. The van der Waals surface area contributed by atoms with Crippen molar-refractivity contribution in [1.82, 2.24) is 0 Å². The van der Waals surface area contributed by atoms with Gasteiger partial charge in [0.25, 0.3) is 0 Å². The third-order valence-corrected chi connectivity index (χ3v) is 4.19. The van der Waals surface area contributed by atoms with Gasteiger partial charge in [-0.3, -0.25) is 4.79 Å². The fraction of sp³-hybridized carbons (Fsp3) is 0. The van der Waals surface area contributed by atoms with E-state index >= 15 is 0 Å². The largest absolute Gasteiger partial charge is 0.460 e. The third kappa shape index (κ3) is 3.88. The van der Waals surface area contributed by atoms with Crippen molar-refractivity contribution in [1.29, 1.82) is 5.26 Å². The van der Waals surface area contributed by atoms with Gasteiger partial charge in [-0.2, -0.15) is 5.26 Å². The highest BCUT2D eigenvalue weighted by atomic mass is 19.1. The van der Waals surface area contributed by atoms with E-state index in [4.69, 9.17) is 19.2 Å². The maximum absolute atomic E-state index is 13.0. The van der Waals surface area contributed by atoms with Crippen molar-refractivity contribution in [3.63, 3.8) is 0 Å². The summed E-state index contributed by atoms with van der Waals surface area (Å²) in [6.07, 6.45) is 1.13. The van der Waals surface area contributed by atoms with Crippen LogP contribution in [-0.4, -0.2) is 5.97 Å². The molecule has 7 heteroatoms. The van der Waals surface area contributed by atoms with E-state index in [-0.39, 0.29) is 33.8 Å². The molecule has 6 nitrogen and oxygen atoms in total. The molecule has 3 aromatic carbocycles. The summed E-state index contributed by atoms with van der Waals surface area (Å²) in [5.41, 5.74) is 0.323. The lowest BCUT2D eigenvalue weighted by atomic mass is 10.1. The molecule has 0 N–H and O–H groups in total. The second-order valence-electron chi connectivity index (χ2n) is 6.23. The van der Waals surface area contributed by atoms with Crippen LogP contribution in [0.2, 0.25) is 0 Å². The Kier molecular flexibility index (Phi) is 4.97. The van der Waals surface area contributed by atoms with Gasteiger partial charge in [-0.1, -0.05) is 6.07 Å². The van der Waals surface area contributed by atoms with Crippen LogP contribution < -0.4 is 14.9 Å². The maximum atomic E-state index is 13.0. The number of hydrogen-bond acceptors (Lipinski definition) is 6. The zero-order chi connectivity index (χ0) is 21.1. The van der Waals surface area contributed by atoms with Gasteiger partial charge in [0.2, 0.25) is 11.2 Å². The number of nitriles is 1. The van der Waals surface area contributed by atoms with Crippen molar-refractivity contribution in [2.75, 3.05) is 0 Å². The van der Waals surface area contributed by atoms with Crippen molar-refractivity contribution in [2.24, 2.45) is 0 Å². The van der Waals surface area contributed by atoms with Gasteiger partial charge >= 0.3 is 5.97 Å². The summed E-state index contributed by atoms with van der Waals surface area (Å²) in [7, 11) is 0. The molecule has 0 fully saturated rings. The number of carbonyl (C=O) groups excluding carboxylic acids is 1. The van der Waals surface area contributed by atoms with Crippen LogP contribution in [0.4, 0.5) is 4.39 Å². The summed E-state index contributed by atoms with van der Waals surface area (Å²) in [6, 6.07) is 17.6. The first kappa shape index (κ1) is 18.9. The normalized spacial score (nSPS) is 10.4. The number of benzene rings is 3. The molecule has 0 atom stereocenters. The van der Waals surface area contributed by atoms with Crippen molar-refractivity contribution >= 4 is 16.9 Å². The summed E-state index contributed by atoms with van der Waals surface area (Å²) < 4.78 is 29.2. The highest BCUT2D eigenvalue weighted by molar-refractivity contribution is 5.92. The van der Waals surface area contributed by atoms with E-state index in [2.05, 4.69) is 0 Å². The van der Waals surface area contributed by atoms with E-state index < -0.39 is 17.2 Å². The van der Waals surface area contributed by atoms with Crippen LogP contribution in [0.25, 0.3) is 11.0 Å². The average Bonchev–Trinajstić information content (AvgIpc) is 2.77. The van der Waals surface area contributed by atoms with Crippen LogP contribution in [-0.2, 0) is 0 Å². The van der Waals surface area contributed by atoms with E-state index in [9.17, 15) is 14.0 Å². The smallest absolute Gasteiger partial charge is 0.343 e. The van der Waals surface area contributed by atoms with Gasteiger partial charge in [-0.05, 0) is 54.6 Å². The Morgan fingerprint density at radius 3 is 2.53 bits per heavy atom. The Balaban J connectivity index is 1.59. The number of nitrogens with zero attached hydrogens (tertiary/aromatic N) is 1. The van der Waals surface area contributed by atoms with Crippen LogP contribution in [0.5, 0.6) is 17.2 Å². The first-order valence-electron chi connectivity index (χ1n) is 8.75. The molecule has 4 aromatic rings. The molecular formula is C23H12FNO5. The summed E-state index contributed by atoms with van der Waals surface area (Å²) >= 11 is 0. The number of esters is 1. The molecular weight excluding hydrogens is 389 g/mol. The second kappa shape index (κ2) is 7.89. The Morgan fingerprint density at radius 1 is 1.00 bits per heavy atom. The molecule has 4 rings (SSSR count). The zero-order valence-electron chi connectivity index (χ0n) is 15.3. The first-order valence-corrected chi connectivity index (χ1v) is 8.75. The molecule has 1 heterocycles. The number of rotatable bonds is 4. The van der Waals surface area contributed by atoms with Gasteiger partial charge in [0.15, 0.2) is 0 Å². The molecule has 0 amide bonds. The van der Waals surface area contributed by atoms with Crippen molar-refractivity contribution in [2.45, 2.75) is 0 Å². The van der Waals surface area contributed by atoms with Crippen LogP contribution >= 0.6 is 0 Å². The van der Waals surface area contributed by atoms with Crippen LogP contribution in [0.15, 0.2) is 82.2 Å². The van der Waals surface area contributed by atoms with E-state index in [0.29, 0.717) is 5.56 Å². The van der Waals surface area contributed by atoms with Gasteiger partial charge in [0.1, 0.15) is 29.2 Å². The van der Waals surface area contributed by atoms with Gasteiger partial charge in [0, 0.05) is 6.07 Å². The number of carbonyl (C=O) groups is 1. The second-order valence-corrected chi connectivity index (χ2v) is 6.23. The molecule has 30 heavy (non-hydrogen) atoms. The third-order valence-electron chi connectivity index (χ3n) is 4.19. The van der Waals surface area contributed by atoms with E-state index in [1.165, 1.54) is 54.6 Å². The predicted molar refractivity (Wildman–Crippen MR) is 105 cm³/mol. The van der Waals surface area contributed by atoms with E-state index in [1.807, 2.05) is 6.07 Å². The van der Waals surface area contributed by atoms with Gasteiger partial charge in [0.05, 0.1) is 22.6 Å². The Hall–Kier alpha value is -4.44. The minimum atomic E-state index is -0.648. The molecule has 0 spiro atoms. The minimum absolute atomic E-state index is 0.0628. The molecule has 1 aromatic heterocycles. The number of halogens is 1. The molecule has 0 saturated carbocycles. The maximum Gasteiger partial charge on any atom is 0.343 e. The standard InChI is InChI=1S/C23H12FNO5/c24-16-4-6-17(7-5-16)29-21-13-28-20-11-18(8-9-19(20)22(21)26)30-23(27)15-3-1-2-14(10-15)12-25/h1-11,13H. The first-order chi connectivity index (χ1) is 14.5. The summed E-state index contributed by atoms with van der Waals surface area (Å²) in [4.78, 5) is 24.9. The summed E-state index contributed by atoms with van der Waals surface area (Å²) in [5.74, 6) is -0.676. The molecule has 0 bridgehead atoms. The molecule has 0 unspecified atom stereocenters. The molecule has 0 aliphatic heterocycles. The topological polar surface area (TPSA) is 89.5 Å². The van der Waals surface area contributed by atoms with Crippen LogP contribution in [0.3, 0.4) is 0 Å². The van der Waals surface area contributed by atoms with Crippen molar-refractivity contribution < 1.29 is 23.1 Å². The highest BCUT2D eigenvalue weighted by Gasteiger charge is 2.13. The molecule has 0 aliphatic rings. The monoisotopic (exact) mass is 401 g/mol. The molecule has 146 valence electrons. The highest BCUT2D eigenvalue weighted by Crippen LogP contribution is 2.24. The van der Waals surface area contributed by atoms with Crippen molar-refractivity contribution in [3.05, 3.63) is 100 Å². The van der Waals surface area contributed by atoms with E-state index in [0.717, 1.165) is 6.26 Å². The lowest BCUT2D eigenvalue weighted by molar-refractivity contribution is 0.0735. The molecule has 0 radical (unpaired) electrons. The van der Waals surface area contributed by atoms with E-state index in [1.54, 1.807) is 12.1 Å². The van der Waals surface area contributed by atoms with Crippen LogP contribution in [0.1, 0.15) is 15.9 Å². The number of ether oxygens (including phenoxy) is 2. The zero-order valence-corrected chi connectivity index (χ0v) is 15.3. The Morgan fingerprint density at radius 2 is 1.77 bits per heavy atom. The van der Waals surface area contributed by atoms with Gasteiger partial charge in [-0.15, -0.1) is 0 Å². The van der Waals surface area contributed by atoms with Crippen LogP contribution in [0, 0.1) is 17.1 Å². The summed E-state index contributed by atoms with van der Waals surface area (Å²) in [6.45, 7) is 0. The van der Waals surface area contributed by atoms with Crippen molar-refractivity contribution in [3.8, 4) is 23.3 Å². The minimum Gasteiger partial charge on any atom is -0.460 e. The SMILES string of the molecule is N#Cc1cccc(C(=O)Oc2ccc3c(=O)c(Oc4ccc(F)cc4)coc3c2)c1. The fourth-order valence-corrected chi connectivity index (χ4v) is 2.74. The molecule has 0 aliphatic carbocycles. The lowest BCUT2D eigenvalue weighted by Gasteiger charge is -2.07. The predicted octanol–water partition coefficient (Wildman–Crippen LogP) is 4.82. The lowest BCUT2D eigenvalue weighted by Crippen LogP contribution is -2.09.